The van der Waals surface area contributed by atoms with Gasteiger partial charge in [0.1, 0.15) is 0 Å². The molecule has 110 valence electrons. The first kappa shape index (κ1) is 14.7. The number of hydrogen-bond acceptors (Lipinski definition) is 4. The Morgan fingerprint density at radius 2 is 2.19 bits per heavy atom. The Morgan fingerprint density at radius 1 is 1.38 bits per heavy atom. The highest BCUT2D eigenvalue weighted by molar-refractivity contribution is 9.11. The van der Waals surface area contributed by atoms with E-state index in [1.165, 1.54) is 11.3 Å². The van der Waals surface area contributed by atoms with Gasteiger partial charge in [-0.3, -0.25) is 4.79 Å². The van der Waals surface area contributed by atoms with E-state index >= 15 is 0 Å². The van der Waals surface area contributed by atoms with Crippen molar-refractivity contribution in [2.75, 3.05) is 11.9 Å². The summed E-state index contributed by atoms with van der Waals surface area (Å²) in [5, 5.41) is 3.51. The normalized spacial score (nSPS) is 22.0. The highest BCUT2D eigenvalue weighted by Gasteiger charge is 2.33. The molecule has 0 bridgehead atoms. The Labute approximate surface area is 135 Å². The van der Waals surface area contributed by atoms with Crippen molar-refractivity contribution in [2.24, 2.45) is 5.92 Å². The summed E-state index contributed by atoms with van der Waals surface area (Å²) in [7, 11) is 0. The number of carbonyl (C=O) groups excluding carboxylic acids is 1. The van der Waals surface area contributed by atoms with Gasteiger partial charge in [0, 0.05) is 6.61 Å². The maximum atomic E-state index is 12.5. The van der Waals surface area contributed by atoms with Gasteiger partial charge in [0.05, 0.1) is 22.0 Å². The molecule has 6 heteroatoms. The lowest BCUT2D eigenvalue weighted by Crippen LogP contribution is -2.33. The van der Waals surface area contributed by atoms with Crippen molar-refractivity contribution in [1.82, 2.24) is 4.98 Å². The summed E-state index contributed by atoms with van der Waals surface area (Å²) >= 11 is 4.76. The van der Waals surface area contributed by atoms with Gasteiger partial charge in [0.2, 0.25) is 5.91 Å². The second kappa shape index (κ2) is 6.68. The molecule has 2 unspecified atom stereocenters. The van der Waals surface area contributed by atoms with Crippen molar-refractivity contribution in [1.29, 1.82) is 0 Å². The fourth-order valence-electron chi connectivity index (χ4n) is 2.53. The predicted octanol–water partition coefficient (Wildman–Crippen LogP) is 4.01. The number of benzene rings is 1. The lowest BCUT2D eigenvalue weighted by molar-refractivity contribution is -0.129. The van der Waals surface area contributed by atoms with Crippen LogP contribution in [0.4, 0.5) is 5.13 Å². The monoisotopic (exact) mass is 366 g/mol. The SMILES string of the molecule is O=C(Nc1ncc(Br)s1)C1CCCOC1c1ccccc1. The average molecular weight is 367 g/mol. The van der Waals surface area contributed by atoms with Gasteiger partial charge in [-0.05, 0) is 34.3 Å². The van der Waals surface area contributed by atoms with E-state index < -0.39 is 0 Å². The van der Waals surface area contributed by atoms with Crippen molar-refractivity contribution in [3.63, 3.8) is 0 Å². The van der Waals surface area contributed by atoms with Crippen molar-refractivity contribution in [3.05, 3.63) is 45.9 Å². The largest absolute Gasteiger partial charge is 0.373 e. The molecule has 3 rings (SSSR count). The first-order valence-electron chi connectivity index (χ1n) is 6.83. The Morgan fingerprint density at radius 3 is 2.90 bits per heavy atom. The van der Waals surface area contributed by atoms with Crippen LogP contribution in [0.5, 0.6) is 0 Å². The van der Waals surface area contributed by atoms with Crippen LogP contribution in [0.15, 0.2) is 40.3 Å². The Hall–Kier alpha value is -1.24. The molecule has 1 aliphatic heterocycles. The zero-order valence-corrected chi connectivity index (χ0v) is 13.7. The summed E-state index contributed by atoms with van der Waals surface area (Å²) in [5.41, 5.74) is 1.05. The number of amides is 1. The molecule has 21 heavy (non-hydrogen) atoms. The molecule has 2 heterocycles. The first-order valence-corrected chi connectivity index (χ1v) is 8.44. The number of carbonyl (C=O) groups is 1. The molecular formula is C15H15BrN2O2S. The minimum atomic E-state index is -0.177. The molecule has 1 aliphatic rings. The molecule has 1 amide bonds. The quantitative estimate of drug-likeness (QED) is 0.892. The van der Waals surface area contributed by atoms with E-state index in [2.05, 4.69) is 26.2 Å². The Kier molecular flexibility index (Phi) is 4.67. The molecule has 2 aromatic rings. The van der Waals surface area contributed by atoms with Gasteiger partial charge in [-0.1, -0.05) is 41.7 Å². The smallest absolute Gasteiger partial charge is 0.232 e. The van der Waals surface area contributed by atoms with E-state index in [1.807, 2.05) is 30.3 Å². The van der Waals surface area contributed by atoms with E-state index in [0.29, 0.717) is 11.7 Å². The number of ether oxygens (including phenoxy) is 1. The second-order valence-electron chi connectivity index (χ2n) is 4.91. The van der Waals surface area contributed by atoms with Crippen molar-refractivity contribution in [2.45, 2.75) is 18.9 Å². The standard InChI is InChI=1S/C15H15BrN2O2S/c16-12-9-17-15(21-12)18-14(19)11-7-4-8-20-13(11)10-5-2-1-3-6-10/h1-3,5-6,9,11,13H,4,7-8H2,(H,17,18,19). The highest BCUT2D eigenvalue weighted by atomic mass is 79.9. The molecular weight excluding hydrogens is 352 g/mol. The Bertz CT molecular complexity index is 617. The minimum Gasteiger partial charge on any atom is -0.373 e. The van der Waals surface area contributed by atoms with E-state index in [1.54, 1.807) is 6.20 Å². The van der Waals surface area contributed by atoms with Crippen LogP contribution >= 0.6 is 27.3 Å². The second-order valence-corrected chi connectivity index (χ2v) is 7.32. The van der Waals surface area contributed by atoms with Gasteiger partial charge >= 0.3 is 0 Å². The number of anilines is 1. The Balaban J connectivity index is 1.76. The molecule has 1 saturated heterocycles. The van der Waals surface area contributed by atoms with Crippen LogP contribution in [-0.4, -0.2) is 17.5 Å². The fraction of sp³-hybridized carbons (Fsp3) is 0.333. The summed E-state index contributed by atoms with van der Waals surface area (Å²) < 4.78 is 6.75. The number of aromatic nitrogens is 1. The van der Waals surface area contributed by atoms with Gasteiger partial charge in [0.15, 0.2) is 5.13 Å². The summed E-state index contributed by atoms with van der Waals surface area (Å²) in [6, 6.07) is 9.93. The number of halogens is 1. The van der Waals surface area contributed by atoms with E-state index in [9.17, 15) is 4.79 Å². The van der Waals surface area contributed by atoms with Gasteiger partial charge in [0.25, 0.3) is 0 Å². The number of thiazole rings is 1. The molecule has 2 atom stereocenters. The van der Waals surface area contributed by atoms with Crippen LogP contribution in [-0.2, 0) is 9.53 Å². The number of nitrogens with zero attached hydrogens (tertiary/aromatic N) is 1. The molecule has 1 aromatic carbocycles. The number of hydrogen-bond donors (Lipinski definition) is 1. The van der Waals surface area contributed by atoms with Crippen LogP contribution in [0.25, 0.3) is 0 Å². The highest BCUT2D eigenvalue weighted by Crippen LogP contribution is 2.35. The molecule has 0 radical (unpaired) electrons. The van der Waals surface area contributed by atoms with Crippen LogP contribution in [0, 0.1) is 5.92 Å². The van der Waals surface area contributed by atoms with Crippen molar-refractivity contribution in [3.8, 4) is 0 Å². The summed E-state index contributed by atoms with van der Waals surface area (Å²) in [6.45, 7) is 0.701. The third kappa shape index (κ3) is 3.51. The molecule has 0 aliphatic carbocycles. The van der Waals surface area contributed by atoms with Gasteiger partial charge in [-0.15, -0.1) is 0 Å². The predicted molar refractivity (Wildman–Crippen MR) is 86.3 cm³/mol. The maximum absolute atomic E-state index is 12.5. The number of rotatable bonds is 3. The molecule has 1 fully saturated rings. The van der Waals surface area contributed by atoms with Gasteiger partial charge in [-0.2, -0.15) is 0 Å². The first-order chi connectivity index (χ1) is 10.2. The minimum absolute atomic E-state index is 0.0228. The third-order valence-electron chi connectivity index (χ3n) is 3.49. The van der Waals surface area contributed by atoms with Crippen LogP contribution in [0.2, 0.25) is 0 Å². The van der Waals surface area contributed by atoms with Crippen LogP contribution < -0.4 is 5.32 Å². The zero-order chi connectivity index (χ0) is 14.7. The third-order valence-corrected chi connectivity index (χ3v) is 4.89. The fourth-order valence-corrected chi connectivity index (χ4v) is 3.64. The average Bonchev–Trinajstić information content (AvgIpc) is 2.93. The molecule has 4 nitrogen and oxygen atoms in total. The summed E-state index contributed by atoms with van der Waals surface area (Å²) in [6.07, 6.45) is 3.25. The summed E-state index contributed by atoms with van der Waals surface area (Å²) in [5.74, 6) is -0.200. The maximum Gasteiger partial charge on any atom is 0.232 e. The van der Waals surface area contributed by atoms with E-state index in [0.717, 1.165) is 22.2 Å². The van der Waals surface area contributed by atoms with Gasteiger partial charge < -0.3 is 10.1 Å². The van der Waals surface area contributed by atoms with Crippen LogP contribution in [0.1, 0.15) is 24.5 Å². The van der Waals surface area contributed by atoms with Crippen molar-refractivity contribution >= 4 is 38.3 Å². The number of nitrogens with one attached hydrogen (secondary N) is 1. The van der Waals surface area contributed by atoms with E-state index in [4.69, 9.17) is 4.74 Å². The molecule has 0 spiro atoms. The summed E-state index contributed by atoms with van der Waals surface area (Å²) in [4.78, 5) is 16.7. The van der Waals surface area contributed by atoms with Crippen LogP contribution in [0.3, 0.4) is 0 Å². The molecule has 1 N–H and O–H groups in total. The topological polar surface area (TPSA) is 51.2 Å². The van der Waals surface area contributed by atoms with Gasteiger partial charge in [-0.25, -0.2) is 4.98 Å². The lowest BCUT2D eigenvalue weighted by Gasteiger charge is -2.30. The van der Waals surface area contributed by atoms with Crippen molar-refractivity contribution < 1.29 is 9.53 Å². The van der Waals surface area contributed by atoms with E-state index in [-0.39, 0.29) is 17.9 Å². The molecule has 0 saturated carbocycles. The lowest BCUT2D eigenvalue weighted by atomic mass is 9.89. The zero-order valence-electron chi connectivity index (χ0n) is 11.3. The molecule has 1 aromatic heterocycles.